The van der Waals surface area contributed by atoms with Crippen molar-refractivity contribution in [2.24, 2.45) is 0 Å². The molecule has 5 nitrogen and oxygen atoms in total. The van der Waals surface area contributed by atoms with Gasteiger partial charge in [-0.25, -0.2) is 4.98 Å². The summed E-state index contributed by atoms with van der Waals surface area (Å²) in [5.41, 5.74) is 3.77. The molecule has 0 atom stereocenters. The Balaban J connectivity index is 0.000000491. The maximum absolute atomic E-state index is 8.05. The Hall–Kier alpha value is -3.17. The molecule has 2 aromatic carbocycles. The summed E-state index contributed by atoms with van der Waals surface area (Å²) in [6.07, 6.45) is 1.28. The number of fused-ring (bicyclic) bond motifs is 2. The highest BCUT2D eigenvalue weighted by molar-refractivity contribution is 6.68. The van der Waals surface area contributed by atoms with Gasteiger partial charge in [0.25, 0.3) is 0 Å². The first-order valence-corrected chi connectivity index (χ1v) is 12.2. The van der Waals surface area contributed by atoms with Crippen LogP contribution >= 0.6 is 0 Å². The van der Waals surface area contributed by atoms with Crippen molar-refractivity contribution in [3.8, 4) is 5.75 Å². The fourth-order valence-electron chi connectivity index (χ4n) is 3.06. The summed E-state index contributed by atoms with van der Waals surface area (Å²) in [4.78, 5) is 15.0. The minimum Gasteiger partial charge on any atom is -0.509 e. The van der Waals surface area contributed by atoms with Gasteiger partial charge in [-0.1, -0.05) is 61.4 Å². The fraction of sp³-hybridized carbons (Fsp3) is 0.120. The minimum absolute atomic E-state index is 0.0185. The standard InChI is InChI=1S/C10H9NO2.C10H8N.C4H6O.CH3.Al/c1-7-5-6-8-3-2-4-9(13-12)10(8)11-7;1-8-6-7-9-4-2-3-5-10(9)11-8;1-3-4(2)5;;/h2-6,12H,1H3;2-4,6-7H,1H3;3,5H,1-2H2;1H3;/q;;;;+1/p-1. The molecule has 156 valence electrons. The molecule has 1 N–H and O–H groups in total. The van der Waals surface area contributed by atoms with Crippen molar-refractivity contribution in [2.75, 3.05) is 0 Å². The number of aliphatic hydroxyl groups is 1. The highest BCUT2D eigenvalue weighted by atomic mass is 27.2. The summed E-state index contributed by atoms with van der Waals surface area (Å²) in [7, 11) is 0. The Labute approximate surface area is 187 Å². The molecule has 31 heavy (non-hydrogen) atoms. The average molecular weight is 428 g/mol. The molecule has 2 heterocycles. The van der Waals surface area contributed by atoms with E-state index in [1.54, 1.807) is 0 Å². The summed E-state index contributed by atoms with van der Waals surface area (Å²) in [6, 6.07) is 20.2. The zero-order valence-electron chi connectivity index (χ0n) is 18.0. The van der Waals surface area contributed by atoms with Gasteiger partial charge in [0, 0.05) is 16.8 Å². The van der Waals surface area contributed by atoms with Gasteiger partial charge in [0.1, 0.15) is 11.3 Å². The molecule has 0 fully saturated rings. The van der Waals surface area contributed by atoms with E-state index in [0.717, 1.165) is 37.6 Å². The lowest BCUT2D eigenvalue weighted by molar-refractivity contribution is -0.101. The maximum Gasteiger partial charge on any atom is 0.567 e. The summed E-state index contributed by atoms with van der Waals surface area (Å²) >= 11 is -1.81. The van der Waals surface area contributed by atoms with Gasteiger partial charge in [0.05, 0.1) is 5.52 Å². The number of aromatic nitrogens is 2. The van der Waals surface area contributed by atoms with Crippen LogP contribution in [0, 0.1) is 13.8 Å². The smallest absolute Gasteiger partial charge is 0.509 e. The second kappa shape index (κ2) is 10.2. The maximum atomic E-state index is 8.05. The Kier molecular flexibility index (Phi) is 7.43. The predicted molar refractivity (Wildman–Crippen MR) is 128 cm³/mol. The Morgan fingerprint density at radius 3 is 2.06 bits per heavy atom. The number of nitrogens with zero attached hydrogens (tertiary/aromatic N) is 2. The predicted octanol–water partition coefficient (Wildman–Crippen LogP) is 5.48. The molecule has 2 aromatic heterocycles. The van der Waals surface area contributed by atoms with Crippen LogP contribution in [0.15, 0.2) is 85.7 Å². The van der Waals surface area contributed by atoms with Gasteiger partial charge < -0.3 is 13.9 Å². The molecule has 6 heteroatoms. The molecular formula is C25H25AlN2O3. The number of para-hydroxylation sites is 2. The topological polar surface area (TPSA) is 64.5 Å². The number of hydrogen-bond donors (Lipinski definition) is 1. The van der Waals surface area contributed by atoms with Crippen LogP contribution in [-0.2, 0) is 3.94 Å². The van der Waals surface area contributed by atoms with E-state index in [-0.39, 0.29) is 5.76 Å². The molecule has 0 aliphatic carbocycles. The third-order valence-electron chi connectivity index (χ3n) is 4.67. The van der Waals surface area contributed by atoms with E-state index >= 15 is 0 Å². The molecule has 0 aliphatic heterocycles. The quantitative estimate of drug-likeness (QED) is 0.150. The normalized spacial score (nSPS) is 10.3. The average Bonchev–Trinajstić information content (AvgIpc) is 2.77. The van der Waals surface area contributed by atoms with Gasteiger partial charge in [-0.3, -0.25) is 4.98 Å². The lowest BCUT2D eigenvalue weighted by Gasteiger charge is -2.13. The number of aryl methyl sites for hydroxylation is 2. The highest BCUT2D eigenvalue weighted by Crippen LogP contribution is 2.24. The highest BCUT2D eigenvalue weighted by Gasteiger charge is 2.23. The minimum atomic E-state index is -1.81. The van der Waals surface area contributed by atoms with Crippen molar-refractivity contribution < 1.29 is 13.9 Å². The first-order chi connectivity index (χ1) is 14.9. The first-order valence-electron chi connectivity index (χ1n) is 9.95. The number of benzene rings is 2. The molecule has 4 aromatic rings. The van der Waals surface area contributed by atoms with E-state index in [1.807, 2.05) is 56.3 Å². The molecular weight excluding hydrogens is 403 g/mol. The van der Waals surface area contributed by atoms with Crippen molar-refractivity contribution >= 4 is 40.7 Å². The van der Waals surface area contributed by atoms with Crippen molar-refractivity contribution in [3.05, 3.63) is 97.0 Å². The summed E-state index contributed by atoms with van der Waals surface area (Å²) in [5, 5.41) is 10.2. The zero-order valence-corrected chi connectivity index (χ0v) is 19.2. The van der Waals surface area contributed by atoms with E-state index in [0.29, 0.717) is 5.75 Å². The largest absolute Gasteiger partial charge is 0.567 e. The van der Waals surface area contributed by atoms with E-state index in [2.05, 4.69) is 42.1 Å². The van der Waals surface area contributed by atoms with Crippen LogP contribution in [-0.4, -0.2) is 29.6 Å². The molecule has 0 unspecified atom stereocenters. The van der Waals surface area contributed by atoms with Crippen LogP contribution in [0.25, 0.3) is 21.8 Å². The van der Waals surface area contributed by atoms with Crippen LogP contribution in [0.2, 0.25) is 5.79 Å². The van der Waals surface area contributed by atoms with Crippen LogP contribution in [0.3, 0.4) is 0 Å². The number of hydrogen-bond acceptors (Lipinski definition) is 5. The SMILES string of the molecule is C=CC(=C)O.Cc1ccc2cccc(O[O][Al]([CH3])[c]3cccc4ccc(C)nc34)c2n1. The molecule has 0 saturated heterocycles. The third kappa shape index (κ3) is 5.71. The van der Waals surface area contributed by atoms with E-state index in [9.17, 15) is 0 Å². The van der Waals surface area contributed by atoms with Gasteiger partial charge in [0.15, 0.2) is 5.75 Å². The molecule has 0 radical (unpaired) electrons. The molecule has 4 rings (SSSR count). The Morgan fingerprint density at radius 1 is 0.903 bits per heavy atom. The van der Waals surface area contributed by atoms with Crippen molar-refractivity contribution in [1.82, 2.24) is 9.97 Å². The zero-order chi connectivity index (χ0) is 22.4. The monoisotopic (exact) mass is 428 g/mol. The van der Waals surface area contributed by atoms with E-state index < -0.39 is 14.5 Å². The summed E-state index contributed by atoms with van der Waals surface area (Å²) < 4.78 is 7.00. The van der Waals surface area contributed by atoms with Gasteiger partial charge in [-0.15, -0.1) is 0 Å². The summed E-state index contributed by atoms with van der Waals surface area (Å²) in [5.74, 6) is 2.77. The Bertz CT molecular complexity index is 1240. The number of allylic oxidation sites excluding steroid dienone is 1. The van der Waals surface area contributed by atoms with Gasteiger partial charge in [-0.2, -0.15) is 0 Å². The van der Waals surface area contributed by atoms with Crippen LogP contribution < -0.4 is 9.31 Å². The van der Waals surface area contributed by atoms with Gasteiger partial charge >= 0.3 is 14.5 Å². The molecule has 0 aliphatic rings. The fourth-order valence-corrected chi connectivity index (χ4v) is 4.41. The van der Waals surface area contributed by atoms with E-state index in [1.165, 1.54) is 6.08 Å². The van der Waals surface area contributed by atoms with Crippen LogP contribution in [0.4, 0.5) is 0 Å². The van der Waals surface area contributed by atoms with E-state index in [4.69, 9.17) is 18.9 Å². The number of pyridine rings is 2. The molecule has 0 bridgehead atoms. The summed E-state index contributed by atoms with van der Waals surface area (Å²) in [6.45, 7) is 10.3. The van der Waals surface area contributed by atoms with Gasteiger partial charge in [0.2, 0.25) is 0 Å². The second-order valence-corrected chi connectivity index (χ2v) is 9.27. The van der Waals surface area contributed by atoms with Crippen molar-refractivity contribution in [3.63, 3.8) is 0 Å². The lowest BCUT2D eigenvalue weighted by Crippen LogP contribution is -2.32. The Morgan fingerprint density at radius 2 is 1.45 bits per heavy atom. The first kappa shape index (κ1) is 22.5. The molecule has 0 saturated carbocycles. The third-order valence-corrected chi connectivity index (χ3v) is 6.40. The van der Waals surface area contributed by atoms with Crippen molar-refractivity contribution in [2.45, 2.75) is 19.6 Å². The lowest BCUT2D eigenvalue weighted by atomic mass is 10.2. The number of aliphatic hydroxyl groups excluding tert-OH is 1. The molecule has 0 spiro atoms. The van der Waals surface area contributed by atoms with Gasteiger partial charge in [-0.05, 0) is 47.9 Å². The number of rotatable bonds is 5. The van der Waals surface area contributed by atoms with Crippen molar-refractivity contribution in [1.29, 1.82) is 0 Å². The second-order valence-electron chi connectivity index (χ2n) is 7.17. The van der Waals surface area contributed by atoms with Crippen LogP contribution in [0.5, 0.6) is 5.75 Å². The van der Waals surface area contributed by atoms with Crippen LogP contribution in [0.1, 0.15) is 11.4 Å². The molecule has 0 amide bonds.